The number of hydrogen-bond donors (Lipinski definition) is 1. The predicted molar refractivity (Wildman–Crippen MR) is 69.5 cm³/mol. The third-order valence-corrected chi connectivity index (χ3v) is 3.18. The zero-order valence-corrected chi connectivity index (χ0v) is 10.7. The minimum atomic E-state index is -0.221. The van der Waals surface area contributed by atoms with Gasteiger partial charge in [0.1, 0.15) is 5.82 Å². The van der Waals surface area contributed by atoms with Crippen LogP contribution in [0.3, 0.4) is 0 Å². The second-order valence-corrected chi connectivity index (χ2v) is 5.08. The van der Waals surface area contributed by atoms with Crippen molar-refractivity contribution in [3.05, 3.63) is 41.0 Å². The molecule has 4 heteroatoms. The Morgan fingerprint density at radius 1 is 1.35 bits per heavy atom. The molecule has 0 atom stereocenters. The SMILES string of the molecule is CC(C)NCc1cc(-c2ccccc2F)ns1. The summed E-state index contributed by atoms with van der Waals surface area (Å²) >= 11 is 1.42. The van der Waals surface area contributed by atoms with Crippen molar-refractivity contribution < 1.29 is 4.39 Å². The van der Waals surface area contributed by atoms with Gasteiger partial charge in [-0.15, -0.1) is 0 Å². The van der Waals surface area contributed by atoms with E-state index in [1.165, 1.54) is 17.6 Å². The molecule has 1 heterocycles. The average Bonchev–Trinajstić information content (AvgIpc) is 2.75. The molecule has 0 aliphatic heterocycles. The lowest BCUT2D eigenvalue weighted by Gasteiger charge is -2.04. The van der Waals surface area contributed by atoms with Crippen LogP contribution in [0.2, 0.25) is 0 Å². The van der Waals surface area contributed by atoms with Crippen molar-refractivity contribution in [2.75, 3.05) is 0 Å². The van der Waals surface area contributed by atoms with Crippen LogP contribution in [0.5, 0.6) is 0 Å². The van der Waals surface area contributed by atoms with E-state index in [2.05, 4.69) is 23.5 Å². The Morgan fingerprint density at radius 2 is 2.12 bits per heavy atom. The highest BCUT2D eigenvalue weighted by atomic mass is 32.1. The summed E-state index contributed by atoms with van der Waals surface area (Å²) in [6.45, 7) is 4.97. The molecular weight excluding hydrogens is 235 g/mol. The molecule has 90 valence electrons. The van der Waals surface area contributed by atoms with E-state index in [1.807, 2.05) is 12.1 Å². The van der Waals surface area contributed by atoms with Crippen LogP contribution in [0, 0.1) is 5.82 Å². The summed E-state index contributed by atoms with van der Waals surface area (Å²) in [4.78, 5) is 1.12. The van der Waals surface area contributed by atoms with E-state index < -0.39 is 0 Å². The lowest BCUT2D eigenvalue weighted by molar-refractivity contribution is 0.593. The summed E-state index contributed by atoms with van der Waals surface area (Å²) in [7, 11) is 0. The molecule has 0 unspecified atom stereocenters. The topological polar surface area (TPSA) is 24.9 Å². The van der Waals surface area contributed by atoms with Crippen LogP contribution in [0.25, 0.3) is 11.3 Å². The number of nitrogens with one attached hydrogen (secondary N) is 1. The van der Waals surface area contributed by atoms with E-state index in [-0.39, 0.29) is 5.82 Å². The summed E-state index contributed by atoms with van der Waals surface area (Å²) in [5.74, 6) is -0.221. The van der Waals surface area contributed by atoms with Gasteiger partial charge in [-0.25, -0.2) is 4.39 Å². The van der Waals surface area contributed by atoms with Crippen LogP contribution in [-0.2, 0) is 6.54 Å². The van der Waals surface area contributed by atoms with E-state index in [4.69, 9.17) is 0 Å². The molecule has 2 rings (SSSR count). The Labute approximate surface area is 105 Å². The van der Waals surface area contributed by atoms with Crippen molar-refractivity contribution in [3.8, 4) is 11.3 Å². The van der Waals surface area contributed by atoms with E-state index in [0.29, 0.717) is 17.3 Å². The molecular formula is C13H15FN2S. The molecule has 0 bridgehead atoms. The molecule has 0 aliphatic carbocycles. The first-order valence-corrected chi connectivity index (χ1v) is 6.38. The van der Waals surface area contributed by atoms with Crippen LogP contribution in [-0.4, -0.2) is 10.4 Å². The van der Waals surface area contributed by atoms with Gasteiger partial charge in [0.05, 0.1) is 5.69 Å². The zero-order valence-electron chi connectivity index (χ0n) is 9.90. The first kappa shape index (κ1) is 12.2. The molecule has 0 amide bonds. The summed E-state index contributed by atoms with van der Waals surface area (Å²) < 4.78 is 17.8. The second kappa shape index (κ2) is 5.38. The van der Waals surface area contributed by atoms with Gasteiger partial charge < -0.3 is 5.32 Å². The van der Waals surface area contributed by atoms with Crippen molar-refractivity contribution in [3.63, 3.8) is 0 Å². The summed E-state index contributed by atoms with van der Waals surface area (Å²) in [6.07, 6.45) is 0. The van der Waals surface area contributed by atoms with E-state index in [9.17, 15) is 4.39 Å². The molecule has 2 nitrogen and oxygen atoms in total. The maximum atomic E-state index is 13.5. The highest BCUT2D eigenvalue weighted by Crippen LogP contribution is 2.24. The number of hydrogen-bond acceptors (Lipinski definition) is 3. The predicted octanol–water partition coefficient (Wildman–Crippen LogP) is 3.45. The number of nitrogens with zero attached hydrogens (tertiary/aromatic N) is 1. The molecule has 0 radical (unpaired) electrons. The van der Waals surface area contributed by atoms with Gasteiger partial charge >= 0.3 is 0 Å². The number of rotatable bonds is 4. The minimum absolute atomic E-state index is 0.221. The molecule has 0 saturated carbocycles. The van der Waals surface area contributed by atoms with Gasteiger partial charge in [-0.2, -0.15) is 4.37 Å². The standard InChI is InChI=1S/C13H15FN2S/c1-9(2)15-8-10-7-13(16-17-10)11-5-3-4-6-12(11)14/h3-7,9,15H,8H2,1-2H3. The van der Waals surface area contributed by atoms with E-state index in [0.717, 1.165) is 11.4 Å². The minimum Gasteiger partial charge on any atom is -0.310 e. The zero-order chi connectivity index (χ0) is 12.3. The molecule has 0 fully saturated rings. The maximum Gasteiger partial charge on any atom is 0.132 e. The average molecular weight is 250 g/mol. The Morgan fingerprint density at radius 3 is 2.82 bits per heavy atom. The third kappa shape index (κ3) is 3.11. The van der Waals surface area contributed by atoms with E-state index in [1.54, 1.807) is 12.1 Å². The van der Waals surface area contributed by atoms with Crippen LogP contribution >= 0.6 is 11.5 Å². The van der Waals surface area contributed by atoms with Crippen LogP contribution in [0.15, 0.2) is 30.3 Å². The molecule has 2 aromatic rings. The fourth-order valence-electron chi connectivity index (χ4n) is 1.50. The van der Waals surface area contributed by atoms with Crippen LogP contribution < -0.4 is 5.32 Å². The molecule has 0 saturated heterocycles. The first-order valence-electron chi connectivity index (χ1n) is 5.60. The van der Waals surface area contributed by atoms with Crippen molar-refractivity contribution in [2.24, 2.45) is 0 Å². The highest BCUT2D eigenvalue weighted by molar-refractivity contribution is 7.06. The molecule has 1 N–H and O–H groups in total. The third-order valence-electron chi connectivity index (χ3n) is 2.39. The lowest BCUT2D eigenvalue weighted by atomic mass is 10.1. The fraction of sp³-hybridized carbons (Fsp3) is 0.308. The van der Waals surface area contributed by atoms with Gasteiger partial charge in [0.25, 0.3) is 0 Å². The monoisotopic (exact) mass is 250 g/mol. The quantitative estimate of drug-likeness (QED) is 0.899. The first-order chi connectivity index (χ1) is 8.16. The lowest BCUT2D eigenvalue weighted by Crippen LogP contribution is -2.21. The van der Waals surface area contributed by atoms with Gasteiger partial charge in [0, 0.05) is 23.0 Å². The fourth-order valence-corrected chi connectivity index (χ4v) is 2.18. The van der Waals surface area contributed by atoms with Gasteiger partial charge in [0.15, 0.2) is 0 Å². The Kier molecular flexibility index (Phi) is 3.86. The molecule has 1 aromatic heterocycles. The second-order valence-electron chi connectivity index (χ2n) is 4.19. The summed E-state index contributed by atoms with van der Waals surface area (Å²) in [5.41, 5.74) is 1.29. The molecule has 0 spiro atoms. The van der Waals surface area contributed by atoms with Gasteiger partial charge in [-0.3, -0.25) is 0 Å². The smallest absolute Gasteiger partial charge is 0.132 e. The Bertz CT molecular complexity index is 494. The molecule has 17 heavy (non-hydrogen) atoms. The van der Waals surface area contributed by atoms with Crippen LogP contribution in [0.1, 0.15) is 18.7 Å². The van der Waals surface area contributed by atoms with Gasteiger partial charge in [-0.1, -0.05) is 26.0 Å². The highest BCUT2D eigenvalue weighted by Gasteiger charge is 2.08. The van der Waals surface area contributed by atoms with Crippen LogP contribution in [0.4, 0.5) is 4.39 Å². The van der Waals surface area contributed by atoms with Crippen molar-refractivity contribution in [1.29, 1.82) is 0 Å². The summed E-state index contributed by atoms with van der Waals surface area (Å²) in [6, 6.07) is 9.11. The largest absolute Gasteiger partial charge is 0.310 e. The summed E-state index contributed by atoms with van der Waals surface area (Å²) in [5, 5.41) is 3.32. The van der Waals surface area contributed by atoms with Crippen molar-refractivity contribution in [2.45, 2.75) is 26.4 Å². The Hall–Kier alpha value is -1.26. The normalized spacial score (nSPS) is 11.1. The van der Waals surface area contributed by atoms with E-state index >= 15 is 0 Å². The van der Waals surface area contributed by atoms with Gasteiger partial charge in [0.2, 0.25) is 0 Å². The van der Waals surface area contributed by atoms with Crippen molar-refractivity contribution >= 4 is 11.5 Å². The van der Waals surface area contributed by atoms with Crippen molar-refractivity contribution in [1.82, 2.24) is 9.69 Å². The molecule has 1 aromatic carbocycles. The van der Waals surface area contributed by atoms with Gasteiger partial charge in [-0.05, 0) is 29.7 Å². The Balaban J connectivity index is 2.16. The number of halogens is 1. The molecule has 0 aliphatic rings. The number of aromatic nitrogens is 1. The maximum absolute atomic E-state index is 13.5. The number of benzene rings is 1.